The Labute approximate surface area is 101 Å². The summed E-state index contributed by atoms with van der Waals surface area (Å²) in [6, 6.07) is 6.37. The molecule has 0 unspecified atom stereocenters. The lowest BCUT2D eigenvalue weighted by molar-refractivity contribution is 0.103. The molecule has 1 N–H and O–H groups in total. The van der Waals surface area contributed by atoms with Gasteiger partial charge in [-0.3, -0.25) is 4.79 Å². The summed E-state index contributed by atoms with van der Waals surface area (Å²) in [7, 11) is 0. The maximum Gasteiger partial charge on any atom is 0.265 e. The molecule has 2 rings (SSSR count). The van der Waals surface area contributed by atoms with Crippen LogP contribution in [0, 0.1) is 18.6 Å². The Morgan fingerprint density at radius 2 is 2.00 bits per heavy atom. The van der Waals surface area contributed by atoms with Crippen LogP contribution in [0.15, 0.2) is 30.3 Å². The highest BCUT2D eigenvalue weighted by Crippen LogP contribution is 2.19. The summed E-state index contributed by atoms with van der Waals surface area (Å²) in [6.45, 7) is 1.87. The normalized spacial score (nSPS) is 10.3. The number of halogens is 2. The van der Waals surface area contributed by atoms with E-state index in [4.69, 9.17) is 0 Å². The number of aryl methyl sites for hydroxylation is 1. The second kappa shape index (κ2) is 4.63. The molecule has 0 atom stereocenters. The van der Waals surface area contributed by atoms with Gasteiger partial charge in [0.25, 0.3) is 5.91 Å². The van der Waals surface area contributed by atoms with Crippen LogP contribution in [0.1, 0.15) is 14.5 Å². The zero-order valence-corrected chi connectivity index (χ0v) is 9.78. The maximum atomic E-state index is 13.3. The van der Waals surface area contributed by atoms with Gasteiger partial charge >= 0.3 is 0 Å². The summed E-state index contributed by atoms with van der Waals surface area (Å²) in [5, 5.41) is 2.34. The smallest absolute Gasteiger partial charge is 0.265 e. The molecule has 0 saturated carbocycles. The second-order valence-electron chi connectivity index (χ2n) is 3.49. The van der Waals surface area contributed by atoms with E-state index in [1.165, 1.54) is 11.3 Å². The first-order valence-electron chi connectivity index (χ1n) is 4.89. The third-order valence-electron chi connectivity index (χ3n) is 2.14. The van der Waals surface area contributed by atoms with E-state index in [-0.39, 0.29) is 5.69 Å². The Kier molecular flexibility index (Phi) is 3.19. The first-order valence-corrected chi connectivity index (χ1v) is 5.71. The first kappa shape index (κ1) is 11.7. The Morgan fingerprint density at radius 1 is 1.24 bits per heavy atom. The molecule has 1 heterocycles. The van der Waals surface area contributed by atoms with Crippen LogP contribution in [-0.2, 0) is 0 Å². The monoisotopic (exact) mass is 253 g/mol. The fraction of sp³-hybridized carbons (Fsp3) is 0.0833. The molecular formula is C12H9F2NOS. The summed E-state index contributed by atoms with van der Waals surface area (Å²) < 4.78 is 26.2. The van der Waals surface area contributed by atoms with Crippen molar-refractivity contribution in [1.29, 1.82) is 0 Å². The van der Waals surface area contributed by atoms with Crippen LogP contribution in [0.2, 0.25) is 0 Å². The summed E-state index contributed by atoms with van der Waals surface area (Å²) in [5.41, 5.74) is -0.152. The van der Waals surface area contributed by atoms with Crippen molar-refractivity contribution in [2.75, 3.05) is 5.32 Å². The minimum absolute atomic E-state index is 0.152. The molecule has 1 amide bonds. The van der Waals surface area contributed by atoms with Crippen molar-refractivity contribution in [2.24, 2.45) is 0 Å². The highest BCUT2D eigenvalue weighted by molar-refractivity contribution is 7.14. The summed E-state index contributed by atoms with van der Waals surface area (Å²) in [5.74, 6) is -1.69. The number of carbonyl (C=O) groups is 1. The van der Waals surface area contributed by atoms with Crippen LogP contribution in [0.4, 0.5) is 14.5 Å². The van der Waals surface area contributed by atoms with Gasteiger partial charge in [0.1, 0.15) is 11.6 Å². The van der Waals surface area contributed by atoms with Crippen LogP contribution >= 0.6 is 11.3 Å². The number of anilines is 1. The second-order valence-corrected chi connectivity index (χ2v) is 4.78. The van der Waals surface area contributed by atoms with Gasteiger partial charge in [-0.25, -0.2) is 8.78 Å². The van der Waals surface area contributed by atoms with Crippen molar-refractivity contribution >= 4 is 22.9 Å². The first-order chi connectivity index (χ1) is 8.06. The topological polar surface area (TPSA) is 29.1 Å². The molecule has 88 valence electrons. The van der Waals surface area contributed by atoms with Gasteiger partial charge in [0.2, 0.25) is 0 Å². The number of nitrogens with one attached hydrogen (secondary N) is 1. The molecule has 0 saturated heterocycles. The van der Waals surface area contributed by atoms with Gasteiger partial charge in [-0.05, 0) is 31.2 Å². The van der Waals surface area contributed by atoms with Gasteiger partial charge < -0.3 is 5.32 Å². The van der Waals surface area contributed by atoms with E-state index in [0.717, 1.165) is 23.1 Å². The summed E-state index contributed by atoms with van der Waals surface area (Å²) in [4.78, 5) is 13.1. The van der Waals surface area contributed by atoms with Crippen LogP contribution in [0.5, 0.6) is 0 Å². The molecule has 0 spiro atoms. The SMILES string of the molecule is Cc1ccc(C(=O)Nc2cc(F)ccc2F)s1. The van der Waals surface area contributed by atoms with E-state index in [9.17, 15) is 13.6 Å². The van der Waals surface area contributed by atoms with Gasteiger partial charge in [-0.1, -0.05) is 0 Å². The quantitative estimate of drug-likeness (QED) is 0.870. The van der Waals surface area contributed by atoms with Crippen LogP contribution in [-0.4, -0.2) is 5.91 Å². The number of rotatable bonds is 2. The zero-order valence-electron chi connectivity index (χ0n) is 8.96. The fourth-order valence-corrected chi connectivity index (χ4v) is 2.10. The standard InChI is InChI=1S/C12H9F2NOS/c1-7-2-5-11(17-7)12(16)15-10-6-8(13)3-4-9(10)14/h2-6H,1H3,(H,15,16). The average Bonchev–Trinajstić information content (AvgIpc) is 2.70. The highest BCUT2D eigenvalue weighted by atomic mass is 32.1. The zero-order chi connectivity index (χ0) is 12.4. The molecule has 1 aromatic heterocycles. The predicted octanol–water partition coefficient (Wildman–Crippen LogP) is 3.59. The Bertz CT molecular complexity index is 565. The number of carbonyl (C=O) groups excluding carboxylic acids is 1. The van der Waals surface area contributed by atoms with Crippen LogP contribution in [0.25, 0.3) is 0 Å². The number of hydrogen-bond donors (Lipinski definition) is 1. The van der Waals surface area contributed by atoms with Gasteiger partial charge in [-0.15, -0.1) is 11.3 Å². The fourth-order valence-electron chi connectivity index (χ4n) is 1.33. The van der Waals surface area contributed by atoms with Crippen LogP contribution < -0.4 is 5.32 Å². The molecule has 0 bridgehead atoms. The molecule has 0 fully saturated rings. The van der Waals surface area contributed by atoms with E-state index in [1.807, 2.05) is 6.92 Å². The van der Waals surface area contributed by atoms with E-state index in [0.29, 0.717) is 4.88 Å². The molecule has 0 radical (unpaired) electrons. The molecule has 1 aromatic carbocycles. The maximum absolute atomic E-state index is 13.3. The Hall–Kier alpha value is -1.75. The summed E-state index contributed by atoms with van der Waals surface area (Å²) >= 11 is 1.30. The van der Waals surface area contributed by atoms with E-state index in [2.05, 4.69) is 5.32 Å². The number of benzene rings is 1. The Morgan fingerprint density at radius 3 is 2.65 bits per heavy atom. The predicted molar refractivity (Wildman–Crippen MR) is 63.4 cm³/mol. The van der Waals surface area contributed by atoms with E-state index in [1.54, 1.807) is 12.1 Å². The van der Waals surface area contributed by atoms with Crippen molar-refractivity contribution in [1.82, 2.24) is 0 Å². The lowest BCUT2D eigenvalue weighted by atomic mass is 10.3. The molecule has 5 heteroatoms. The van der Waals surface area contributed by atoms with Gasteiger partial charge in [0.05, 0.1) is 10.6 Å². The van der Waals surface area contributed by atoms with Crippen molar-refractivity contribution in [3.63, 3.8) is 0 Å². The average molecular weight is 253 g/mol. The van der Waals surface area contributed by atoms with Gasteiger partial charge in [-0.2, -0.15) is 0 Å². The van der Waals surface area contributed by atoms with Crippen molar-refractivity contribution < 1.29 is 13.6 Å². The number of amides is 1. The summed E-state index contributed by atoms with van der Waals surface area (Å²) in [6.07, 6.45) is 0. The largest absolute Gasteiger partial charge is 0.319 e. The van der Waals surface area contributed by atoms with E-state index < -0.39 is 17.5 Å². The molecule has 2 aromatic rings. The minimum atomic E-state index is -0.659. The van der Waals surface area contributed by atoms with Crippen LogP contribution in [0.3, 0.4) is 0 Å². The molecular weight excluding hydrogens is 244 g/mol. The molecule has 2 nitrogen and oxygen atoms in total. The molecule has 0 aliphatic carbocycles. The third-order valence-corrected chi connectivity index (χ3v) is 3.14. The lowest BCUT2D eigenvalue weighted by Crippen LogP contribution is -2.11. The van der Waals surface area contributed by atoms with Crippen molar-refractivity contribution in [3.8, 4) is 0 Å². The van der Waals surface area contributed by atoms with Crippen molar-refractivity contribution in [3.05, 3.63) is 51.7 Å². The molecule has 0 aliphatic heterocycles. The van der Waals surface area contributed by atoms with Crippen molar-refractivity contribution in [2.45, 2.75) is 6.92 Å². The minimum Gasteiger partial charge on any atom is -0.319 e. The Balaban J connectivity index is 2.21. The van der Waals surface area contributed by atoms with Gasteiger partial charge in [0, 0.05) is 10.9 Å². The molecule has 17 heavy (non-hydrogen) atoms. The lowest BCUT2D eigenvalue weighted by Gasteiger charge is -2.04. The van der Waals surface area contributed by atoms with E-state index >= 15 is 0 Å². The number of thiophene rings is 1. The number of hydrogen-bond acceptors (Lipinski definition) is 2. The third kappa shape index (κ3) is 2.68. The van der Waals surface area contributed by atoms with Gasteiger partial charge in [0.15, 0.2) is 0 Å². The highest BCUT2D eigenvalue weighted by Gasteiger charge is 2.11. The molecule has 0 aliphatic rings.